The smallest absolute Gasteiger partial charge is 0.101 e. The molecule has 4 nitrogen and oxygen atoms in total. The molecule has 2 atom stereocenters. The van der Waals surface area contributed by atoms with E-state index >= 15 is 0 Å². The molecule has 18 heavy (non-hydrogen) atoms. The van der Waals surface area contributed by atoms with Crippen LogP contribution < -0.4 is 4.90 Å². The first-order valence-corrected chi connectivity index (χ1v) is 6.16. The average Bonchev–Trinajstić information content (AvgIpc) is 2.37. The predicted octanol–water partition coefficient (Wildman–Crippen LogP) is 1.45. The van der Waals surface area contributed by atoms with Gasteiger partial charge < -0.3 is 14.7 Å². The van der Waals surface area contributed by atoms with E-state index in [1.54, 1.807) is 0 Å². The Morgan fingerprint density at radius 2 is 2.28 bits per heavy atom. The zero-order valence-corrected chi connectivity index (χ0v) is 10.8. The zero-order valence-electron chi connectivity index (χ0n) is 10.8. The number of anilines is 1. The SMILES string of the molecule is Cc1ccc(N2CC(C)OC(CO)C2)c(C#N)c1. The van der Waals surface area contributed by atoms with Crippen LogP contribution in [0.15, 0.2) is 18.2 Å². The van der Waals surface area contributed by atoms with E-state index in [-0.39, 0.29) is 18.8 Å². The Bertz CT molecular complexity index is 467. The molecule has 1 fully saturated rings. The summed E-state index contributed by atoms with van der Waals surface area (Å²) in [6.07, 6.45) is -0.120. The summed E-state index contributed by atoms with van der Waals surface area (Å²) in [5, 5.41) is 18.4. The molecule has 0 saturated carbocycles. The highest BCUT2D eigenvalue weighted by atomic mass is 16.5. The van der Waals surface area contributed by atoms with Crippen LogP contribution in [0.2, 0.25) is 0 Å². The lowest BCUT2D eigenvalue weighted by Gasteiger charge is -2.37. The van der Waals surface area contributed by atoms with Gasteiger partial charge in [-0.15, -0.1) is 0 Å². The molecule has 0 aliphatic carbocycles. The van der Waals surface area contributed by atoms with Crippen molar-refractivity contribution in [1.82, 2.24) is 0 Å². The minimum absolute atomic E-state index is 0.00852. The van der Waals surface area contributed by atoms with Crippen molar-refractivity contribution in [3.8, 4) is 6.07 Å². The summed E-state index contributed by atoms with van der Waals surface area (Å²) < 4.78 is 5.61. The van der Waals surface area contributed by atoms with E-state index in [2.05, 4.69) is 11.0 Å². The normalized spacial score (nSPS) is 23.8. The van der Waals surface area contributed by atoms with E-state index in [0.717, 1.165) is 17.8 Å². The summed E-state index contributed by atoms with van der Waals surface area (Å²) in [4.78, 5) is 2.12. The number of morpholine rings is 1. The Kier molecular flexibility index (Phi) is 3.85. The molecule has 1 aromatic carbocycles. The first-order chi connectivity index (χ1) is 8.63. The van der Waals surface area contributed by atoms with Crippen LogP contribution in [0.3, 0.4) is 0 Å². The van der Waals surface area contributed by atoms with Crippen molar-refractivity contribution in [2.75, 3.05) is 24.6 Å². The van der Waals surface area contributed by atoms with Gasteiger partial charge in [0.25, 0.3) is 0 Å². The molecule has 2 rings (SSSR count). The minimum Gasteiger partial charge on any atom is -0.394 e. The van der Waals surface area contributed by atoms with Gasteiger partial charge in [-0.3, -0.25) is 0 Å². The fraction of sp³-hybridized carbons (Fsp3) is 0.500. The lowest BCUT2D eigenvalue weighted by molar-refractivity contribution is -0.0421. The third-order valence-electron chi connectivity index (χ3n) is 3.14. The highest BCUT2D eigenvalue weighted by Crippen LogP contribution is 2.25. The van der Waals surface area contributed by atoms with Gasteiger partial charge in [-0.2, -0.15) is 5.26 Å². The summed E-state index contributed by atoms with van der Waals surface area (Å²) in [5.41, 5.74) is 2.69. The molecule has 1 aliphatic rings. The fourth-order valence-electron chi connectivity index (χ4n) is 2.36. The van der Waals surface area contributed by atoms with Gasteiger partial charge in [0.1, 0.15) is 6.07 Å². The summed E-state index contributed by atoms with van der Waals surface area (Å²) >= 11 is 0. The second-order valence-electron chi connectivity index (χ2n) is 4.79. The molecule has 2 unspecified atom stereocenters. The topological polar surface area (TPSA) is 56.5 Å². The molecule has 0 spiro atoms. The van der Waals surface area contributed by atoms with Crippen LogP contribution in [0.25, 0.3) is 0 Å². The minimum atomic E-state index is -0.179. The lowest BCUT2D eigenvalue weighted by Crippen LogP contribution is -2.48. The summed E-state index contributed by atoms with van der Waals surface area (Å²) in [6, 6.07) is 8.11. The average molecular weight is 246 g/mol. The van der Waals surface area contributed by atoms with Crippen LogP contribution in [0, 0.1) is 18.3 Å². The molecular weight excluding hydrogens is 228 g/mol. The van der Waals surface area contributed by atoms with Crippen LogP contribution in [0.4, 0.5) is 5.69 Å². The quantitative estimate of drug-likeness (QED) is 0.858. The molecule has 0 bridgehead atoms. The van der Waals surface area contributed by atoms with Gasteiger partial charge in [0.05, 0.1) is 30.1 Å². The van der Waals surface area contributed by atoms with Crippen molar-refractivity contribution in [2.45, 2.75) is 26.1 Å². The summed E-state index contributed by atoms with van der Waals surface area (Å²) in [5.74, 6) is 0. The molecule has 0 amide bonds. The number of benzene rings is 1. The van der Waals surface area contributed by atoms with Crippen LogP contribution in [-0.4, -0.2) is 37.0 Å². The molecule has 4 heteroatoms. The highest BCUT2D eigenvalue weighted by molar-refractivity contribution is 5.60. The maximum atomic E-state index is 9.23. The number of nitriles is 1. The molecule has 96 valence electrons. The summed E-state index contributed by atoms with van der Waals surface area (Å²) in [7, 11) is 0. The van der Waals surface area contributed by atoms with E-state index in [0.29, 0.717) is 12.1 Å². The lowest BCUT2D eigenvalue weighted by atomic mass is 10.1. The van der Waals surface area contributed by atoms with Gasteiger partial charge in [0.2, 0.25) is 0 Å². The predicted molar refractivity (Wildman–Crippen MR) is 69.5 cm³/mol. The molecule has 1 N–H and O–H groups in total. The number of hydrogen-bond donors (Lipinski definition) is 1. The van der Waals surface area contributed by atoms with Gasteiger partial charge in [0.15, 0.2) is 0 Å². The van der Waals surface area contributed by atoms with Crippen LogP contribution in [-0.2, 0) is 4.74 Å². The fourth-order valence-corrected chi connectivity index (χ4v) is 2.36. The Hall–Kier alpha value is -1.57. The van der Waals surface area contributed by atoms with Gasteiger partial charge in [0, 0.05) is 13.1 Å². The van der Waals surface area contributed by atoms with Crippen molar-refractivity contribution in [3.63, 3.8) is 0 Å². The number of aryl methyl sites for hydroxylation is 1. The van der Waals surface area contributed by atoms with Crippen molar-refractivity contribution in [1.29, 1.82) is 5.26 Å². The molecule has 1 aromatic rings. The Morgan fingerprint density at radius 3 is 2.94 bits per heavy atom. The maximum Gasteiger partial charge on any atom is 0.101 e. The van der Waals surface area contributed by atoms with Gasteiger partial charge >= 0.3 is 0 Å². The van der Waals surface area contributed by atoms with Crippen LogP contribution >= 0.6 is 0 Å². The highest BCUT2D eigenvalue weighted by Gasteiger charge is 2.26. The standard InChI is InChI=1S/C14H18N2O2/c1-10-3-4-14(12(5-10)6-15)16-7-11(2)18-13(8-16)9-17/h3-5,11,13,17H,7-9H2,1-2H3. The zero-order chi connectivity index (χ0) is 13.1. The number of nitrogens with zero attached hydrogens (tertiary/aromatic N) is 2. The van der Waals surface area contributed by atoms with Crippen molar-refractivity contribution in [2.24, 2.45) is 0 Å². The van der Waals surface area contributed by atoms with Crippen molar-refractivity contribution >= 4 is 5.69 Å². The number of rotatable bonds is 2. The second kappa shape index (κ2) is 5.38. The molecule has 0 radical (unpaired) electrons. The third-order valence-corrected chi connectivity index (χ3v) is 3.14. The van der Waals surface area contributed by atoms with E-state index < -0.39 is 0 Å². The Morgan fingerprint density at radius 1 is 1.50 bits per heavy atom. The molecular formula is C14H18N2O2. The van der Waals surface area contributed by atoms with E-state index in [4.69, 9.17) is 4.74 Å². The number of ether oxygens (including phenoxy) is 1. The molecule has 0 aromatic heterocycles. The largest absolute Gasteiger partial charge is 0.394 e. The van der Waals surface area contributed by atoms with E-state index in [1.165, 1.54) is 0 Å². The number of aliphatic hydroxyl groups is 1. The van der Waals surface area contributed by atoms with E-state index in [1.807, 2.05) is 32.0 Å². The van der Waals surface area contributed by atoms with Crippen molar-refractivity contribution < 1.29 is 9.84 Å². The maximum absolute atomic E-state index is 9.23. The monoisotopic (exact) mass is 246 g/mol. The van der Waals surface area contributed by atoms with E-state index in [9.17, 15) is 10.4 Å². The second-order valence-corrected chi connectivity index (χ2v) is 4.79. The Labute approximate surface area is 107 Å². The molecule has 1 aliphatic heterocycles. The van der Waals surface area contributed by atoms with Gasteiger partial charge in [-0.1, -0.05) is 6.07 Å². The first-order valence-electron chi connectivity index (χ1n) is 6.16. The molecule has 1 heterocycles. The van der Waals surface area contributed by atoms with Gasteiger partial charge in [-0.05, 0) is 31.5 Å². The van der Waals surface area contributed by atoms with Gasteiger partial charge in [-0.25, -0.2) is 0 Å². The molecule has 1 saturated heterocycles. The van der Waals surface area contributed by atoms with Crippen molar-refractivity contribution in [3.05, 3.63) is 29.3 Å². The number of hydrogen-bond acceptors (Lipinski definition) is 4. The van der Waals surface area contributed by atoms with Crippen LogP contribution in [0.1, 0.15) is 18.1 Å². The Balaban J connectivity index is 2.28. The summed E-state index contributed by atoms with van der Waals surface area (Å²) in [6.45, 7) is 5.33. The number of aliphatic hydroxyl groups excluding tert-OH is 1. The van der Waals surface area contributed by atoms with Crippen LogP contribution in [0.5, 0.6) is 0 Å². The third kappa shape index (κ3) is 2.63. The first kappa shape index (κ1) is 12.9.